The van der Waals surface area contributed by atoms with Crippen molar-refractivity contribution < 1.29 is 0 Å². The number of rotatable bonds is 8. The smallest absolute Gasteiger partial charge is 0.0105 e. The predicted molar refractivity (Wildman–Crippen MR) is 99.4 cm³/mol. The zero-order chi connectivity index (χ0) is 12.8. The quantitative estimate of drug-likeness (QED) is 0.356. The Balaban J connectivity index is 0. The Kier molecular flexibility index (Phi) is 21.8. The molecule has 2 unspecified atom stereocenters. The van der Waals surface area contributed by atoms with Crippen LogP contribution in [0.3, 0.4) is 0 Å². The summed E-state index contributed by atoms with van der Waals surface area (Å²) in [5.41, 5.74) is 0. The van der Waals surface area contributed by atoms with Crippen LogP contribution >= 0.6 is 75.8 Å². The van der Waals surface area contributed by atoms with E-state index in [1.807, 2.05) is 0 Å². The van der Waals surface area contributed by atoms with E-state index in [0.717, 1.165) is 48.7 Å². The standard InChI is InChI=1S/2C5H12S3/c2*6-3-1-2-5(8)4-7/h2*5-8H,1-4H2. The highest BCUT2D eigenvalue weighted by atomic mass is 32.1. The van der Waals surface area contributed by atoms with Gasteiger partial charge in [-0.3, -0.25) is 0 Å². The average Bonchev–Trinajstić information content (AvgIpc) is 2.33. The summed E-state index contributed by atoms with van der Waals surface area (Å²) in [7, 11) is 0. The Labute approximate surface area is 134 Å². The van der Waals surface area contributed by atoms with Gasteiger partial charge in [0, 0.05) is 22.0 Å². The maximum atomic E-state index is 4.25. The lowest BCUT2D eigenvalue weighted by atomic mass is 10.3. The Morgan fingerprint density at radius 3 is 1.12 bits per heavy atom. The molecule has 0 spiro atoms. The topological polar surface area (TPSA) is 0 Å². The lowest BCUT2D eigenvalue weighted by molar-refractivity contribution is 0.808. The molecule has 0 nitrogen and oxygen atoms in total. The van der Waals surface area contributed by atoms with Crippen molar-refractivity contribution in [2.75, 3.05) is 23.0 Å². The van der Waals surface area contributed by atoms with Crippen LogP contribution in [0, 0.1) is 0 Å². The third-order valence-electron chi connectivity index (χ3n) is 1.81. The van der Waals surface area contributed by atoms with Crippen LogP contribution in [0.5, 0.6) is 0 Å². The molecule has 6 heteroatoms. The first-order chi connectivity index (χ1) is 7.62. The fourth-order valence-corrected chi connectivity index (χ4v) is 1.93. The van der Waals surface area contributed by atoms with E-state index in [1.54, 1.807) is 0 Å². The predicted octanol–water partition coefficient (Wildman–Crippen LogP) is 3.85. The SMILES string of the molecule is SCCCC(S)CS.SCCCC(S)CS. The molecule has 0 amide bonds. The van der Waals surface area contributed by atoms with E-state index in [-0.39, 0.29) is 0 Å². The summed E-state index contributed by atoms with van der Waals surface area (Å²) in [5.74, 6) is 3.67. The second-order valence-corrected chi connectivity index (χ2v) is 6.49. The lowest BCUT2D eigenvalue weighted by Gasteiger charge is -2.02. The van der Waals surface area contributed by atoms with Crippen LogP contribution in [0.2, 0.25) is 0 Å². The van der Waals surface area contributed by atoms with Crippen LogP contribution in [0.4, 0.5) is 0 Å². The van der Waals surface area contributed by atoms with Crippen molar-refractivity contribution in [2.24, 2.45) is 0 Å². The molecule has 100 valence electrons. The molecule has 0 N–H and O–H groups in total. The molecular weight excluding hydrogens is 313 g/mol. The highest BCUT2D eigenvalue weighted by Gasteiger charge is 1.97. The van der Waals surface area contributed by atoms with E-state index in [0.29, 0.717) is 10.5 Å². The molecule has 0 aromatic rings. The minimum absolute atomic E-state index is 0.463. The molecule has 0 aromatic carbocycles. The van der Waals surface area contributed by atoms with Gasteiger partial charge in [0.2, 0.25) is 0 Å². The summed E-state index contributed by atoms with van der Waals surface area (Å²) in [6.45, 7) is 0. The summed E-state index contributed by atoms with van der Waals surface area (Å²) >= 11 is 24.8. The summed E-state index contributed by atoms with van der Waals surface area (Å²) in [6, 6.07) is 0. The normalized spacial score (nSPS) is 13.9. The van der Waals surface area contributed by atoms with Crippen LogP contribution < -0.4 is 0 Å². The second-order valence-electron chi connectivity index (χ2n) is 3.40. The monoisotopic (exact) mass is 336 g/mol. The van der Waals surface area contributed by atoms with E-state index in [9.17, 15) is 0 Å². The zero-order valence-electron chi connectivity index (χ0n) is 9.49. The van der Waals surface area contributed by atoms with Gasteiger partial charge in [-0.15, -0.1) is 0 Å². The van der Waals surface area contributed by atoms with Crippen LogP contribution in [0.15, 0.2) is 0 Å². The van der Waals surface area contributed by atoms with Gasteiger partial charge in [0.05, 0.1) is 0 Å². The van der Waals surface area contributed by atoms with Crippen molar-refractivity contribution in [2.45, 2.75) is 36.2 Å². The molecule has 0 bridgehead atoms. The molecule has 0 aromatic heterocycles. The van der Waals surface area contributed by atoms with Gasteiger partial charge < -0.3 is 0 Å². The number of hydrogen-bond acceptors (Lipinski definition) is 6. The molecule has 0 radical (unpaired) electrons. The third kappa shape index (κ3) is 18.5. The molecule has 0 aliphatic heterocycles. The summed E-state index contributed by atoms with van der Waals surface area (Å²) < 4.78 is 0. The van der Waals surface area contributed by atoms with Gasteiger partial charge in [0.15, 0.2) is 0 Å². The van der Waals surface area contributed by atoms with Crippen molar-refractivity contribution in [1.29, 1.82) is 0 Å². The molecule has 2 atom stereocenters. The fourth-order valence-electron chi connectivity index (χ4n) is 0.836. The van der Waals surface area contributed by atoms with Crippen LogP contribution in [0.1, 0.15) is 25.7 Å². The molecule has 0 rings (SSSR count). The van der Waals surface area contributed by atoms with Gasteiger partial charge in [-0.25, -0.2) is 0 Å². The van der Waals surface area contributed by atoms with E-state index in [2.05, 4.69) is 75.8 Å². The number of hydrogen-bond donors (Lipinski definition) is 6. The van der Waals surface area contributed by atoms with E-state index >= 15 is 0 Å². The van der Waals surface area contributed by atoms with Gasteiger partial charge in [0.25, 0.3) is 0 Å². The van der Waals surface area contributed by atoms with Gasteiger partial charge >= 0.3 is 0 Å². The molecule has 0 heterocycles. The van der Waals surface area contributed by atoms with Crippen molar-refractivity contribution in [3.8, 4) is 0 Å². The lowest BCUT2D eigenvalue weighted by Crippen LogP contribution is -1.99. The van der Waals surface area contributed by atoms with Gasteiger partial charge in [-0.05, 0) is 37.2 Å². The highest BCUT2D eigenvalue weighted by Crippen LogP contribution is 2.06. The molecular formula is C10H24S6. The van der Waals surface area contributed by atoms with Crippen LogP contribution in [-0.2, 0) is 0 Å². The highest BCUT2D eigenvalue weighted by molar-refractivity contribution is 7.85. The Morgan fingerprint density at radius 1 is 0.625 bits per heavy atom. The van der Waals surface area contributed by atoms with Crippen molar-refractivity contribution in [1.82, 2.24) is 0 Å². The van der Waals surface area contributed by atoms with Gasteiger partial charge in [-0.2, -0.15) is 75.8 Å². The molecule has 0 saturated carbocycles. The number of thiol groups is 6. The first kappa shape index (κ1) is 20.4. The van der Waals surface area contributed by atoms with E-state index in [1.165, 1.54) is 0 Å². The second kappa shape index (κ2) is 17.1. The minimum Gasteiger partial charge on any atom is -0.179 e. The summed E-state index contributed by atoms with van der Waals surface area (Å²) in [6.07, 6.45) is 4.57. The summed E-state index contributed by atoms with van der Waals surface area (Å²) in [5, 5.41) is 0.927. The minimum atomic E-state index is 0.463. The first-order valence-corrected chi connectivity index (χ1v) is 8.98. The zero-order valence-corrected chi connectivity index (χ0v) is 14.9. The Morgan fingerprint density at radius 2 is 0.938 bits per heavy atom. The van der Waals surface area contributed by atoms with Crippen molar-refractivity contribution in [3.63, 3.8) is 0 Å². The van der Waals surface area contributed by atoms with Crippen LogP contribution in [0.25, 0.3) is 0 Å². The van der Waals surface area contributed by atoms with Gasteiger partial charge in [-0.1, -0.05) is 0 Å². The molecule has 0 saturated heterocycles. The van der Waals surface area contributed by atoms with E-state index < -0.39 is 0 Å². The first-order valence-electron chi connectivity index (χ1n) is 5.41. The van der Waals surface area contributed by atoms with Crippen molar-refractivity contribution in [3.05, 3.63) is 0 Å². The maximum Gasteiger partial charge on any atom is 0.0105 e. The molecule has 0 aliphatic rings. The molecule has 0 aliphatic carbocycles. The Bertz CT molecular complexity index is 108. The Hall–Kier alpha value is 2.10. The third-order valence-corrected chi connectivity index (χ3v) is 4.78. The summed E-state index contributed by atoms with van der Waals surface area (Å²) in [4.78, 5) is 0. The average molecular weight is 337 g/mol. The van der Waals surface area contributed by atoms with E-state index in [4.69, 9.17) is 0 Å². The molecule has 0 fully saturated rings. The van der Waals surface area contributed by atoms with Crippen LogP contribution in [-0.4, -0.2) is 33.5 Å². The van der Waals surface area contributed by atoms with Gasteiger partial charge in [0.1, 0.15) is 0 Å². The fraction of sp³-hybridized carbons (Fsp3) is 1.00. The molecule has 16 heavy (non-hydrogen) atoms. The van der Waals surface area contributed by atoms with Crippen molar-refractivity contribution >= 4 is 75.8 Å². The largest absolute Gasteiger partial charge is 0.179 e. The maximum absolute atomic E-state index is 4.25.